The van der Waals surface area contributed by atoms with E-state index in [9.17, 15) is 34.2 Å². The zero-order valence-corrected chi connectivity index (χ0v) is 19.3. The molecule has 0 fully saturated rings. The molecular formula is C22H30N6O7. The number of benzene rings is 1. The van der Waals surface area contributed by atoms with Crippen molar-refractivity contribution in [1.29, 1.82) is 0 Å². The summed E-state index contributed by atoms with van der Waals surface area (Å²) in [6.45, 7) is 2.55. The van der Waals surface area contributed by atoms with Gasteiger partial charge in [-0.25, -0.2) is 4.79 Å². The van der Waals surface area contributed by atoms with Crippen molar-refractivity contribution in [3.05, 3.63) is 36.0 Å². The van der Waals surface area contributed by atoms with E-state index in [4.69, 9.17) is 11.5 Å². The summed E-state index contributed by atoms with van der Waals surface area (Å²) in [5.41, 5.74) is 12.0. The molecular weight excluding hydrogens is 460 g/mol. The molecule has 13 heteroatoms. The number of aromatic amines is 1. The number of aliphatic hydroxyl groups is 1. The Morgan fingerprint density at radius 1 is 1.00 bits per heavy atom. The van der Waals surface area contributed by atoms with Gasteiger partial charge in [0.1, 0.15) is 18.1 Å². The number of nitrogens with one attached hydrogen (secondary N) is 4. The molecule has 4 amide bonds. The molecule has 2 aromatic rings. The third-order valence-corrected chi connectivity index (χ3v) is 5.29. The first kappa shape index (κ1) is 27.3. The van der Waals surface area contributed by atoms with Gasteiger partial charge in [0.05, 0.1) is 18.6 Å². The van der Waals surface area contributed by atoms with Crippen LogP contribution in [-0.4, -0.2) is 75.1 Å². The third kappa shape index (κ3) is 7.52. The number of carbonyl (C=O) groups excluding carboxylic acids is 4. The van der Waals surface area contributed by atoms with E-state index in [1.165, 1.54) is 13.8 Å². The lowest BCUT2D eigenvalue weighted by Gasteiger charge is -2.25. The summed E-state index contributed by atoms with van der Waals surface area (Å²) in [6.07, 6.45) is -0.211. The first-order chi connectivity index (χ1) is 16.4. The highest BCUT2D eigenvalue weighted by atomic mass is 16.4. The summed E-state index contributed by atoms with van der Waals surface area (Å²) in [5.74, 6) is -4.67. The van der Waals surface area contributed by atoms with Gasteiger partial charge in [0.25, 0.3) is 0 Å². The predicted octanol–water partition coefficient (Wildman–Crippen LogP) is -2.15. The van der Waals surface area contributed by atoms with E-state index in [0.717, 1.165) is 10.9 Å². The van der Waals surface area contributed by atoms with Gasteiger partial charge in [-0.05, 0) is 25.5 Å². The molecule has 5 unspecified atom stereocenters. The minimum atomic E-state index is -1.51. The second-order valence-electron chi connectivity index (χ2n) is 8.20. The predicted molar refractivity (Wildman–Crippen MR) is 125 cm³/mol. The molecule has 0 aliphatic rings. The average molecular weight is 491 g/mol. The summed E-state index contributed by atoms with van der Waals surface area (Å²) in [4.78, 5) is 63.0. The quantitative estimate of drug-likeness (QED) is 0.163. The molecule has 5 atom stereocenters. The Hall–Kier alpha value is -3.97. The first-order valence-electron chi connectivity index (χ1n) is 10.8. The van der Waals surface area contributed by atoms with E-state index < -0.39 is 66.3 Å². The Balaban J connectivity index is 2.05. The van der Waals surface area contributed by atoms with Crippen LogP contribution in [-0.2, 0) is 30.4 Å². The maximum atomic E-state index is 12.8. The van der Waals surface area contributed by atoms with E-state index in [1.807, 2.05) is 18.2 Å². The molecule has 0 aliphatic heterocycles. The molecule has 1 aromatic carbocycles. The molecule has 1 aromatic heterocycles. The Labute approximate surface area is 200 Å². The lowest BCUT2D eigenvalue weighted by molar-refractivity contribution is -0.143. The highest BCUT2D eigenvalue weighted by Gasteiger charge is 2.32. The van der Waals surface area contributed by atoms with E-state index >= 15 is 0 Å². The summed E-state index contributed by atoms with van der Waals surface area (Å²) in [7, 11) is 0. The number of hydrogen-bond donors (Lipinski definition) is 8. The number of aliphatic hydroxyl groups excluding tert-OH is 1. The highest BCUT2D eigenvalue weighted by molar-refractivity contribution is 5.95. The highest BCUT2D eigenvalue weighted by Crippen LogP contribution is 2.19. The SMILES string of the molecule is CC(NC(=O)C(N)CC(N)=O)C(=O)NC(C(=O)NC(Cc1c[nH]c2ccccc12)C(=O)O)C(C)O. The number of H-pyrrole nitrogens is 1. The monoisotopic (exact) mass is 490 g/mol. The Morgan fingerprint density at radius 2 is 1.66 bits per heavy atom. The Bertz CT molecular complexity index is 1100. The third-order valence-electron chi connectivity index (χ3n) is 5.29. The van der Waals surface area contributed by atoms with Crippen LogP contribution in [0, 0.1) is 0 Å². The number of primary amides is 1. The lowest BCUT2D eigenvalue weighted by atomic mass is 10.0. The topological polar surface area (TPSA) is 230 Å². The number of carbonyl (C=O) groups is 5. The second-order valence-corrected chi connectivity index (χ2v) is 8.20. The number of nitrogens with two attached hydrogens (primary N) is 2. The van der Waals surface area contributed by atoms with Crippen LogP contribution in [0.25, 0.3) is 10.9 Å². The number of rotatable bonds is 12. The van der Waals surface area contributed by atoms with Crippen molar-refractivity contribution >= 4 is 40.5 Å². The summed E-state index contributed by atoms with van der Waals surface area (Å²) in [5, 5.41) is 27.4. The Kier molecular flexibility index (Phi) is 9.31. The minimum Gasteiger partial charge on any atom is -0.480 e. The van der Waals surface area contributed by atoms with Crippen molar-refractivity contribution in [2.75, 3.05) is 0 Å². The van der Waals surface area contributed by atoms with Gasteiger partial charge < -0.3 is 42.6 Å². The number of aromatic nitrogens is 1. The molecule has 0 spiro atoms. The number of fused-ring (bicyclic) bond motifs is 1. The van der Waals surface area contributed by atoms with Gasteiger partial charge in [0.2, 0.25) is 23.6 Å². The average Bonchev–Trinajstić information content (AvgIpc) is 3.18. The molecule has 2 rings (SSSR count). The molecule has 0 aliphatic carbocycles. The number of para-hydroxylation sites is 1. The molecule has 0 bridgehead atoms. The van der Waals surface area contributed by atoms with E-state index in [1.54, 1.807) is 12.3 Å². The van der Waals surface area contributed by atoms with Crippen LogP contribution in [0.4, 0.5) is 0 Å². The number of carboxylic acids is 1. The van der Waals surface area contributed by atoms with Crippen molar-refractivity contribution in [3.63, 3.8) is 0 Å². The number of amides is 4. The standard InChI is InChI=1S/C22H30N6O7/c1-10(26-20(32)14(23)8-17(24)30)19(31)28-18(11(2)29)21(33)27-16(22(34)35)7-12-9-25-15-6-4-3-5-13(12)15/h3-6,9-11,14,16,18,25,29H,7-8,23H2,1-2H3,(H2,24,30)(H,26,32)(H,27,33)(H,28,31)(H,34,35). The van der Waals surface area contributed by atoms with Gasteiger partial charge in [-0.15, -0.1) is 0 Å². The van der Waals surface area contributed by atoms with Crippen LogP contribution < -0.4 is 27.4 Å². The maximum Gasteiger partial charge on any atom is 0.326 e. The van der Waals surface area contributed by atoms with Gasteiger partial charge in [0, 0.05) is 23.5 Å². The van der Waals surface area contributed by atoms with Crippen molar-refractivity contribution in [3.8, 4) is 0 Å². The summed E-state index contributed by atoms with van der Waals surface area (Å²) >= 11 is 0. The fourth-order valence-corrected chi connectivity index (χ4v) is 3.36. The molecule has 35 heavy (non-hydrogen) atoms. The van der Waals surface area contributed by atoms with E-state index in [-0.39, 0.29) is 6.42 Å². The van der Waals surface area contributed by atoms with Crippen LogP contribution in [0.3, 0.4) is 0 Å². The van der Waals surface area contributed by atoms with Crippen LogP contribution in [0.15, 0.2) is 30.5 Å². The minimum absolute atomic E-state index is 0.0459. The number of carboxylic acid groups (broad SMARTS) is 1. The summed E-state index contributed by atoms with van der Waals surface area (Å²) < 4.78 is 0. The molecule has 190 valence electrons. The zero-order chi connectivity index (χ0) is 26.3. The first-order valence-corrected chi connectivity index (χ1v) is 10.8. The fraction of sp³-hybridized carbons (Fsp3) is 0.409. The number of aliphatic carboxylic acids is 1. The van der Waals surface area contributed by atoms with Gasteiger partial charge in [-0.2, -0.15) is 0 Å². The normalized spacial score (nSPS) is 15.3. The summed E-state index contributed by atoms with van der Waals surface area (Å²) in [6, 6.07) is 1.96. The molecule has 13 nitrogen and oxygen atoms in total. The van der Waals surface area contributed by atoms with Gasteiger partial charge >= 0.3 is 5.97 Å². The van der Waals surface area contributed by atoms with Gasteiger partial charge in [-0.1, -0.05) is 18.2 Å². The van der Waals surface area contributed by atoms with Crippen molar-refractivity contribution in [2.24, 2.45) is 11.5 Å². The van der Waals surface area contributed by atoms with Crippen LogP contribution in [0.5, 0.6) is 0 Å². The smallest absolute Gasteiger partial charge is 0.326 e. The number of hydrogen-bond acceptors (Lipinski definition) is 7. The van der Waals surface area contributed by atoms with E-state index in [0.29, 0.717) is 5.56 Å². The van der Waals surface area contributed by atoms with Gasteiger partial charge in [0.15, 0.2) is 0 Å². The second kappa shape index (κ2) is 11.9. The maximum absolute atomic E-state index is 12.8. The van der Waals surface area contributed by atoms with E-state index in [2.05, 4.69) is 20.9 Å². The lowest BCUT2D eigenvalue weighted by Crippen LogP contribution is -2.59. The molecule has 10 N–H and O–H groups in total. The van der Waals surface area contributed by atoms with Gasteiger partial charge in [-0.3, -0.25) is 19.2 Å². The van der Waals surface area contributed by atoms with Crippen molar-refractivity contribution < 1.29 is 34.2 Å². The van der Waals surface area contributed by atoms with Crippen LogP contribution >= 0.6 is 0 Å². The molecule has 0 saturated carbocycles. The van der Waals surface area contributed by atoms with Crippen LogP contribution in [0.1, 0.15) is 25.8 Å². The largest absolute Gasteiger partial charge is 0.480 e. The van der Waals surface area contributed by atoms with Crippen molar-refractivity contribution in [1.82, 2.24) is 20.9 Å². The molecule has 1 heterocycles. The van der Waals surface area contributed by atoms with Crippen molar-refractivity contribution in [2.45, 2.75) is 57.0 Å². The molecule has 0 radical (unpaired) electrons. The zero-order valence-electron chi connectivity index (χ0n) is 19.3. The Morgan fingerprint density at radius 3 is 2.26 bits per heavy atom. The van der Waals surface area contributed by atoms with Crippen LogP contribution in [0.2, 0.25) is 0 Å². The fourth-order valence-electron chi connectivity index (χ4n) is 3.36. The molecule has 0 saturated heterocycles.